The summed E-state index contributed by atoms with van der Waals surface area (Å²) in [6.07, 6.45) is 0.321. The number of rotatable bonds is 4. The van der Waals surface area contributed by atoms with Gasteiger partial charge in [-0.1, -0.05) is 40.5 Å². The minimum atomic E-state index is -0.471. The Kier molecular flexibility index (Phi) is 4.66. The van der Waals surface area contributed by atoms with E-state index in [1.54, 1.807) is 17.0 Å². The Bertz CT molecular complexity index is 1000. The zero-order valence-electron chi connectivity index (χ0n) is 14.7. The predicted molar refractivity (Wildman–Crippen MR) is 98.7 cm³/mol. The smallest absolute Gasteiger partial charge is 0.257 e. The lowest BCUT2D eigenvalue weighted by atomic mass is 10.1. The quantitative estimate of drug-likeness (QED) is 0.669. The lowest BCUT2D eigenvalue weighted by molar-refractivity contribution is -0.128. The van der Waals surface area contributed by atoms with Gasteiger partial charge in [-0.05, 0) is 36.8 Å². The van der Waals surface area contributed by atoms with E-state index in [2.05, 4.69) is 10.1 Å². The molecule has 0 aliphatic carbocycles. The van der Waals surface area contributed by atoms with Gasteiger partial charge in [0.05, 0.1) is 5.02 Å². The summed E-state index contributed by atoms with van der Waals surface area (Å²) in [6, 6.07) is 12.3. The molecule has 27 heavy (non-hydrogen) atoms. The molecule has 1 saturated heterocycles. The van der Waals surface area contributed by atoms with E-state index >= 15 is 0 Å². The SMILES string of the molecule is Cc1cccc(-c2nc(C3CC(=O)N(Cc4ccc(F)c(Cl)c4)C3)no2)c1. The van der Waals surface area contributed by atoms with Gasteiger partial charge >= 0.3 is 0 Å². The number of aromatic nitrogens is 2. The first-order chi connectivity index (χ1) is 13.0. The molecule has 0 bridgehead atoms. The number of carbonyl (C=O) groups is 1. The summed E-state index contributed by atoms with van der Waals surface area (Å²) in [5.74, 6) is 0.379. The van der Waals surface area contributed by atoms with Crippen molar-refractivity contribution in [1.29, 1.82) is 0 Å². The summed E-state index contributed by atoms with van der Waals surface area (Å²) in [5, 5.41) is 4.12. The molecule has 4 rings (SSSR count). The molecule has 2 aromatic carbocycles. The summed E-state index contributed by atoms with van der Waals surface area (Å²) < 4.78 is 18.7. The fourth-order valence-electron chi connectivity index (χ4n) is 3.25. The highest BCUT2D eigenvalue weighted by Crippen LogP contribution is 2.30. The molecule has 1 unspecified atom stereocenters. The van der Waals surface area contributed by atoms with Gasteiger partial charge in [0.25, 0.3) is 5.89 Å². The molecule has 0 spiro atoms. The number of hydrogen-bond acceptors (Lipinski definition) is 4. The zero-order chi connectivity index (χ0) is 19.0. The molecule has 1 atom stereocenters. The van der Waals surface area contributed by atoms with Crippen LogP contribution in [0, 0.1) is 12.7 Å². The van der Waals surface area contributed by atoms with Crippen molar-refractivity contribution in [3.63, 3.8) is 0 Å². The van der Waals surface area contributed by atoms with Crippen LogP contribution in [0.25, 0.3) is 11.5 Å². The van der Waals surface area contributed by atoms with Crippen LogP contribution in [-0.2, 0) is 11.3 Å². The van der Waals surface area contributed by atoms with Gasteiger partial charge in [-0.2, -0.15) is 4.98 Å². The van der Waals surface area contributed by atoms with Crippen LogP contribution in [0.5, 0.6) is 0 Å². The van der Waals surface area contributed by atoms with E-state index in [9.17, 15) is 9.18 Å². The standard InChI is InChI=1S/C20H17ClFN3O2/c1-12-3-2-4-14(7-12)20-23-19(24-27-20)15-9-18(26)25(11-15)10-13-5-6-17(22)16(21)8-13/h2-8,15H,9-11H2,1H3. The molecule has 7 heteroatoms. The second-order valence-corrected chi connectivity index (χ2v) is 7.16. The average Bonchev–Trinajstić information content (AvgIpc) is 3.26. The summed E-state index contributed by atoms with van der Waals surface area (Å²) in [5.41, 5.74) is 2.74. The molecule has 2 heterocycles. The number of halogens is 2. The number of likely N-dealkylation sites (tertiary alicyclic amines) is 1. The van der Waals surface area contributed by atoms with Crippen LogP contribution in [-0.4, -0.2) is 27.5 Å². The molecule has 1 amide bonds. The first kappa shape index (κ1) is 17.7. The Morgan fingerprint density at radius 1 is 1.30 bits per heavy atom. The van der Waals surface area contributed by atoms with Gasteiger partial charge in [-0.15, -0.1) is 0 Å². The Hall–Kier alpha value is -2.73. The molecule has 1 fully saturated rings. The van der Waals surface area contributed by atoms with Gasteiger partial charge in [0, 0.05) is 31.0 Å². The number of nitrogens with zero attached hydrogens (tertiary/aromatic N) is 3. The molecular weight excluding hydrogens is 369 g/mol. The van der Waals surface area contributed by atoms with E-state index in [0.29, 0.717) is 31.2 Å². The normalized spacial score (nSPS) is 16.9. The van der Waals surface area contributed by atoms with E-state index in [1.807, 2.05) is 31.2 Å². The average molecular weight is 386 g/mol. The molecule has 138 valence electrons. The largest absolute Gasteiger partial charge is 0.338 e. The highest BCUT2D eigenvalue weighted by atomic mass is 35.5. The van der Waals surface area contributed by atoms with Crippen molar-refractivity contribution in [2.24, 2.45) is 0 Å². The van der Waals surface area contributed by atoms with Crippen LogP contribution in [0.15, 0.2) is 47.0 Å². The van der Waals surface area contributed by atoms with E-state index < -0.39 is 5.82 Å². The van der Waals surface area contributed by atoms with E-state index in [4.69, 9.17) is 16.1 Å². The van der Waals surface area contributed by atoms with Gasteiger partial charge < -0.3 is 9.42 Å². The molecule has 0 radical (unpaired) electrons. The Labute approximate surface area is 160 Å². The maximum Gasteiger partial charge on any atom is 0.257 e. The molecule has 3 aromatic rings. The molecule has 0 N–H and O–H groups in total. The number of benzene rings is 2. The first-order valence-electron chi connectivity index (χ1n) is 8.62. The second-order valence-electron chi connectivity index (χ2n) is 6.75. The van der Waals surface area contributed by atoms with Crippen LogP contribution >= 0.6 is 11.6 Å². The molecular formula is C20H17ClFN3O2. The lowest BCUT2D eigenvalue weighted by Gasteiger charge is -2.16. The Balaban J connectivity index is 1.48. The van der Waals surface area contributed by atoms with Gasteiger partial charge in [0.2, 0.25) is 5.91 Å². The molecule has 1 aliphatic rings. The first-order valence-corrected chi connectivity index (χ1v) is 9.00. The van der Waals surface area contributed by atoms with Crippen molar-refractivity contribution in [2.45, 2.75) is 25.8 Å². The maximum absolute atomic E-state index is 13.3. The Morgan fingerprint density at radius 2 is 2.15 bits per heavy atom. The minimum Gasteiger partial charge on any atom is -0.338 e. The summed E-state index contributed by atoms with van der Waals surface area (Å²) in [4.78, 5) is 18.6. The van der Waals surface area contributed by atoms with Crippen LogP contribution in [0.1, 0.15) is 29.3 Å². The fraction of sp³-hybridized carbons (Fsp3) is 0.250. The monoisotopic (exact) mass is 385 g/mol. The Morgan fingerprint density at radius 3 is 2.93 bits per heavy atom. The predicted octanol–water partition coefficient (Wildman–Crippen LogP) is 4.35. The highest BCUT2D eigenvalue weighted by Gasteiger charge is 2.33. The maximum atomic E-state index is 13.3. The topological polar surface area (TPSA) is 59.2 Å². The molecule has 5 nitrogen and oxygen atoms in total. The summed E-state index contributed by atoms with van der Waals surface area (Å²) in [6.45, 7) is 2.86. The van der Waals surface area contributed by atoms with Crippen molar-refractivity contribution < 1.29 is 13.7 Å². The third-order valence-corrected chi connectivity index (χ3v) is 4.93. The van der Waals surface area contributed by atoms with Gasteiger partial charge in [0.1, 0.15) is 5.82 Å². The van der Waals surface area contributed by atoms with E-state index in [1.165, 1.54) is 6.07 Å². The summed E-state index contributed by atoms with van der Waals surface area (Å²) in [7, 11) is 0. The van der Waals surface area contributed by atoms with Gasteiger partial charge in [-0.3, -0.25) is 4.79 Å². The van der Waals surface area contributed by atoms with Crippen molar-refractivity contribution in [1.82, 2.24) is 15.0 Å². The van der Waals surface area contributed by atoms with Crippen LogP contribution < -0.4 is 0 Å². The number of aryl methyl sites for hydroxylation is 1. The fourth-order valence-corrected chi connectivity index (χ4v) is 3.46. The lowest BCUT2D eigenvalue weighted by Crippen LogP contribution is -2.24. The van der Waals surface area contributed by atoms with Crippen LogP contribution in [0.2, 0.25) is 5.02 Å². The van der Waals surface area contributed by atoms with Gasteiger partial charge in [0.15, 0.2) is 5.82 Å². The van der Waals surface area contributed by atoms with Crippen molar-refractivity contribution in [3.8, 4) is 11.5 Å². The minimum absolute atomic E-state index is 0.00218. The van der Waals surface area contributed by atoms with E-state index in [-0.39, 0.29) is 16.8 Å². The number of amides is 1. The molecule has 1 aromatic heterocycles. The van der Waals surface area contributed by atoms with Crippen molar-refractivity contribution in [2.75, 3.05) is 6.54 Å². The second kappa shape index (κ2) is 7.12. The van der Waals surface area contributed by atoms with Gasteiger partial charge in [-0.25, -0.2) is 4.39 Å². The number of hydrogen-bond donors (Lipinski definition) is 0. The van der Waals surface area contributed by atoms with Crippen molar-refractivity contribution in [3.05, 3.63) is 70.3 Å². The summed E-state index contributed by atoms with van der Waals surface area (Å²) >= 11 is 5.82. The zero-order valence-corrected chi connectivity index (χ0v) is 15.4. The van der Waals surface area contributed by atoms with E-state index in [0.717, 1.165) is 16.7 Å². The van der Waals surface area contributed by atoms with Crippen LogP contribution in [0.4, 0.5) is 4.39 Å². The highest BCUT2D eigenvalue weighted by molar-refractivity contribution is 6.30. The number of carbonyl (C=O) groups excluding carboxylic acids is 1. The molecule has 1 aliphatic heterocycles. The van der Waals surface area contributed by atoms with Crippen LogP contribution in [0.3, 0.4) is 0 Å². The third kappa shape index (κ3) is 3.71. The third-order valence-electron chi connectivity index (χ3n) is 4.64. The van der Waals surface area contributed by atoms with Crippen molar-refractivity contribution >= 4 is 17.5 Å². The molecule has 0 saturated carbocycles.